The van der Waals surface area contributed by atoms with Crippen molar-refractivity contribution in [3.63, 3.8) is 0 Å². The second kappa shape index (κ2) is 9.74. The molecule has 0 spiro atoms. The number of hydrogen-bond donors (Lipinski definition) is 1. The van der Waals surface area contributed by atoms with Crippen LogP contribution in [0.15, 0.2) is 48.5 Å². The Balaban J connectivity index is 1.71. The van der Waals surface area contributed by atoms with Crippen LogP contribution in [-0.4, -0.2) is 42.5 Å². The number of nitrogens with zero attached hydrogens (tertiary/aromatic N) is 2. The average Bonchev–Trinajstić information content (AvgIpc) is 2.62. The molecule has 1 N–H and O–H groups in total. The van der Waals surface area contributed by atoms with Crippen molar-refractivity contribution in [2.24, 2.45) is 0 Å². The number of nitro benzene ring substituents is 1. The van der Waals surface area contributed by atoms with Gasteiger partial charge in [0.05, 0.1) is 4.92 Å². The highest BCUT2D eigenvalue weighted by molar-refractivity contribution is 6.30. The first-order chi connectivity index (χ1) is 12.5. The number of amides is 1. The Morgan fingerprint density at radius 2 is 1.88 bits per heavy atom. The molecule has 0 saturated carbocycles. The molecule has 0 heterocycles. The van der Waals surface area contributed by atoms with Crippen molar-refractivity contribution >= 4 is 28.9 Å². The molecule has 2 aromatic rings. The summed E-state index contributed by atoms with van der Waals surface area (Å²) in [7, 11) is 1.88. The molecule has 0 aliphatic rings. The molecule has 26 heavy (non-hydrogen) atoms. The number of carbonyl (C=O) groups is 1. The number of carbonyl (C=O) groups excluding carboxylic acids is 1. The van der Waals surface area contributed by atoms with Crippen molar-refractivity contribution in [3.8, 4) is 5.75 Å². The summed E-state index contributed by atoms with van der Waals surface area (Å²) in [5.41, 5.74) is 0.0850. The molecular formula is C18H20ClN3O4. The molecule has 0 radical (unpaired) electrons. The van der Waals surface area contributed by atoms with Gasteiger partial charge in [0, 0.05) is 30.6 Å². The minimum Gasteiger partial charge on any atom is -0.492 e. The lowest BCUT2D eigenvalue weighted by atomic mass is 10.2. The molecule has 0 saturated heterocycles. The van der Waals surface area contributed by atoms with Gasteiger partial charge in [0.2, 0.25) is 5.91 Å². The average molecular weight is 378 g/mol. The SMILES string of the molecule is CN(CCOc1ccc(Cl)cc1)CCC(=O)Nc1ccccc1[N+](=O)[O-]. The second-order valence-electron chi connectivity index (χ2n) is 5.68. The maximum atomic E-state index is 12.0. The standard InChI is InChI=1S/C18H20ClN3O4/c1-21(12-13-26-15-8-6-14(19)7-9-15)11-10-18(23)20-16-4-2-3-5-17(16)22(24)25/h2-9H,10-13H2,1H3,(H,20,23). The molecule has 2 rings (SSSR count). The third kappa shape index (κ3) is 6.34. The van der Waals surface area contributed by atoms with E-state index in [1.54, 1.807) is 36.4 Å². The summed E-state index contributed by atoms with van der Waals surface area (Å²) < 4.78 is 5.60. The van der Waals surface area contributed by atoms with E-state index in [0.29, 0.717) is 24.7 Å². The van der Waals surface area contributed by atoms with Gasteiger partial charge < -0.3 is 15.0 Å². The summed E-state index contributed by atoms with van der Waals surface area (Å²) in [6, 6.07) is 13.2. The summed E-state index contributed by atoms with van der Waals surface area (Å²) in [6.45, 7) is 1.63. The first-order valence-corrected chi connectivity index (χ1v) is 8.43. The van der Waals surface area contributed by atoms with Gasteiger partial charge in [-0.05, 0) is 37.4 Å². The van der Waals surface area contributed by atoms with Crippen molar-refractivity contribution in [1.82, 2.24) is 4.90 Å². The van der Waals surface area contributed by atoms with E-state index in [-0.39, 0.29) is 23.7 Å². The van der Waals surface area contributed by atoms with Crippen LogP contribution in [0.3, 0.4) is 0 Å². The van der Waals surface area contributed by atoms with Crippen LogP contribution in [0, 0.1) is 10.1 Å². The van der Waals surface area contributed by atoms with Crippen molar-refractivity contribution in [3.05, 3.63) is 63.7 Å². The Bertz CT molecular complexity index is 752. The van der Waals surface area contributed by atoms with Crippen LogP contribution in [0.25, 0.3) is 0 Å². The van der Waals surface area contributed by atoms with E-state index in [1.807, 2.05) is 11.9 Å². The van der Waals surface area contributed by atoms with E-state index >= 15 is 0 Å². The van der Waals surface area contributed by atoms with Gasteiger partial charge in [-0.2, -0.15) is 0 Å². The molecule has 0 unspecified atom stereocenters. The van der Waals surface area contributed by atoms with Crippen molar-refractivity contribution in [1.29, 1.82) is 0 Å². The second-order valence-corrected chi connectivity index (χ2v) is 6.11. The number of para-hydroxylation sites is 2. The first kappa shape index (κ1) is 19.7. The Kier molecular flexibility index (Phi) is 7.37. The number of likely N-dealkylation sites (N-methyl/N-ethyl adjacent to an activating group) is 1. The van der Waals surface area contributed by atoms with Gasteiger partial charge >= 0.3 is 0 Å². The lowest BCUT2D eigenvalue weighted by molar-refractivity contribution is -0.383. The van der Waals surface area contributed by atoms with Gasteiger partial charge in [-0.25, -0.2) is 0 Å². The van der Waals surface area contributed by atoms with E-state index in [4.69, 9.17) is 16.3 Å². The molecule has 0 aliphatic heterocycles. The van der Waals surface area contributed by atoms with Crippen molar-refractivity contribution in [2.75, 3.05) is 32.1 Å². The summed E-state index contributed by atoms with van der Waals surface area (Å²) in [5, 5.41) is 14.2. The van der Waals surface area contributed by atoms with Crippen molar-refractivity contribution < 1.29 is 14.5 Å². The fourth-order valence-corrected chi connectivity index (χ4v) is 2.33. The Hall–Kier alpha value is -2.64. The molecule has 0 aromatic heterocycles. The predicted molar refractivity (Wildman–Crippen MR) is 101 cm³/mol. The quantitative estimate of drug-likeness (QED) is 0.533. The van der Waals surface area contributed by atoms with Crippen molar-refractivity contribution in [2.45, 2.75) is 6.42 Å². The van der Waals surface area contributed by atoms with Crippen LogP contribution in [0.5, 0.6) is 5.75 Å². The molecule has 0 fully saturated rings. The topological polar surface area (TPSA) is 84.7 Å². The Labute approximate surface area is 156 Å². The molecule has 7 nitrogen and oxygen atoms in total. The number of ether oxygens (including phenoxy) is 1. The highest BCUT2D eigenvalue weighted by Crippen LogP contribution is 2.23. The normalized spacial score (nSPS) is 10.6. The smallest absolute Gasteiger partial charge is 0.292 e. The summed E-state index contributed by atoms with van der Waals surface area (Å²) in [4.78, 5) is 24.4. The third-order valence-electron chi connectivity index (χ3n) is 3.65. The zero-order chi connectivity index (χ0) is 18.9. The van der Waals surface area contributed by atoms with E-state index in [2.05, 4.69) is 5.32 Å². The van der Waals surface area contributed by atoms with Crippen LogP contribution in [-0.2, 0) is 4.79 Å². The number of rotatable bonds is 9. The van der Waals surface area contributed by atoms with Gasteiger partial charge in [0.25, 0.3) is 5.69 Å². The van der Waals surface area contributed by atoms with Crippen LogP contribution >= 0.6 is 11.6 Å². The first-order valence-electron chi connectivity index (χ1n) is 8.06. The Morgan fingerprint density at radius 3 is 2.58 bits per heavy atom. The zero-order valence-electron chi connectivity index (χ0n) is 14.4. The van der Waals surface area contributed by atoms with Gasteiger partial charge in [-0.15, -0.1) is 0 Å². The van der Waals surface area contributed by atoms with Gasteiger partial charge in [-0.1, -0.05) is 23.7 Å². The monoisotopic (exact) mass is 377 g/mol. The van der Waals surface area contributed by atoms with Gasteiger partial charge in [-0.3, -0.25) is 14.9 Å². The number of nitro groups is 1. The molecule has 0 atom stereocenters. The molecule has 8 heteroatoms. The molecule has 2 aromatic carbocycles. The predicted octanol–water partition coefficient (Wildman–Crippen LogP) is 3.59. The lowest BCUT2D eigenvalue weighted by Gasteiger charge is -2.16. The lowest BCUT2D eigenvalue weighted by Crippen LogP contribution is -2.28. The largest absolute Gasteiger partial charge is 0.492 e. The van der Waals surface area contributed by atoms with Gasteiger partial charge in [0.15, 0.2) is 0 Å². The summed E-state index contributed by atoms with van der Waals surface area (Å²) >= 11 is 5.81. The van der Waals surface area contributed by atoms with E-state index in [9.17, 15) is 14.9 Å². The van der Waals surface area contributed by atoms with Crippen LogP contribution < -0.4 is 10.1 Å². The number of benzene rings is 2. The minimum absolute atomic E-state index is 0.120. The number of anilines is 1. The molecule has 1 amide bonds. The highest BCUT2D eigenvalue weighted by Gasteiger charge is 2.14. The maximum absolute atomic E-state index is 12.0. The third-order valence-corrected chi connectivity index (χ3v) is 3.90. The Morgan fingerprint density at radius 1 is 1.19 bits per heavy atom. The molecule has 138 valence electrons. The minimum atomic E-state index is -0.518. The molecule has 0 aliphatic carbocycles. The number of halogens is 1. The fourth-order valence-electron chi connectivity index (χ4n) is 2.21. The number of hydrogen-bond acceptors (Lipinski definition) is 5. The van der Waals surface area contributed by atoms with Gasteiger partial charge in [0.1, 0.15) is 18.0 Å². The van der Waals surface area contributed by atoms with Crippen LogP contribution in [0.2, 0.25) is 5.02 Å². The van der Waals surface area contributed by atoms with E-state index < -0.39 is 4.92 Å². The molecular weight excluding hydrogens is 358 g/mol. The summed E-state index contributed by atoms with van der Waals surface area (Å²) in [5.74, 6) is 0.460. The molecule has 0 bridgehead atoms. The summed E-state index contributed by atoms with van der Waals surface area (Å²) in [6.07, 6.45) is 0.226. The maximum Gasteiger partial charge on any atom is 0.292 e. The highest BCUT2D eigenvalue weighted by atomic mass is 35.5. The van der Waals surface area contributed by atoms with Crippen LogP contribution in [0.4, 0.5) is 11.4 Å². The zero-order valence-corrected chi connectivity index (χ0v) is 15.1. The van der Waals surface area contributed by atoms with E-state index in [0.717, 1.165) is 5.75 Å². The number of nitrogens with one attached hydrogen (secondary N) is 1. The van der Waals surface area contributed by atoms with Crippen LogP contribution in [0.1, 0.15) is 6.42 Å². The fraction of sp³-hybridized carbons (Fsp3) is 0.278. The van der Waals surface area contributed by atoms with E-state index in [1.165, 1.54) is 12.1 Å².